The normalized spacial score (nSPS) is 15.9. The van der Waals surface area contributed by atoms with Crippen LogP contribution in [0, 0.1) is 5.41 Å². The Kier molecular flexibility index (Phi) is 9.60. The molecule has 0 spiro atoms. The van der Waals surface area contributed by atoms with Crippen LogP contribution in [0.3, 0.4) is 0 Å². The summed E-state index contributed by atoms with van der Waals surface area (Å²) in [4.78, 5) is 12.3. The fourth-order valence-electron chi connectivity index (χ4n) is 3.20. The number of carbonyl (C=O) groups excluding carboxylic acids is 1. The summed E-state index contributed by atoms with van der Waals surface area (Å²) in [6.45, 7) is 29.7. The molecule has 0 heterocycles. The van der Waals surface area contributed by atoms with Crippen molar-refractivity contribution in [3.05, 3.63) is 12.2 Å². The zero-order valence-corrected chi connectivity index (χ0v) is 26.9. The molecule has 5 nitrogen and oxygen atoms in total. The molecule has 0 fully saturated rings. The molecule has 0 N–H and O–H groups in total. The maximum Gasteiger partial charge on any atom is 0.333 e. The number of carbonyl (C=O) groups is 1. The molecule has 0 amide bonds. The summed E-state index contributed by atoms with van der Waals surface area (Å²) in [6.07, 6.45) is 0. The minimum atomic E-state index is -2.67. The maximum atomic E-state index is 12.3. The SMILES string of the molecule is C=C(C)C(=O)OC([SiH2]O[SiH3])C(C)(C)C(C)(C)[Si](C)(O[Si](C)(C)C)O[Si](C)(C)C. The Morgan fingerprint density at radius 3 is 1.64 bits per heavy atom. The van der Waals surface area contributed by atoms with E-state index in [1.165, 1.54) is 0 Å². The van der Waals surface area contributed by atoms with Crippen molar-refractivity contribution in [2.45, 2.75) is 91.2 Å². The highest BCUT2D eigenvalue weighted by atomic mass is 28.5. The van der Waals surface area contributed by atoms with E-state index in [1.807, 2.05) is 0 Å². The van der Waals surface area contributed by atoms with Gasteiger partial charge in [0.25, 0.3) is 0 Å². The van der Waals surface area contributed by atoms with Crippen LogP contribution in [0.15, 0.2) is 12.2 Å². The standard InChI is InChI=1S/C18H44O5Si5/c1-14(2)15(19)20-16(25-21-24)17(3,4)18(5,6)28(13,22-26(7,8)9)23-27(10,11)12/h16H,1,25H2,2-13,24H3. The summed E-state index contributed by atoms with van der Waals surface area (Å²) in [5, 5.41) is -0.312. The molecule has 0 aliphatic heterocycles. The minimum absolute atomic E-state index is 0.272. The Morgan fingerprint density at radius 1 is 0.964 bits per heavy atom. The molecule has 0 aliphatic carbocycles. The summed E-state index contributed by atoms with van der Waals surface area (Å²) in [5.74, 6) is -0.347. The van der Waals surface area contributed by atoms with Crippen LogP contribution >= 0.6 is 0 Å². The third-order valence-electron chi connectivity index (χ3n) is 5.47. The van der Waals surface area contributed by atoms with Crippen molar-refractivity contribution in [1.29, 1.82) is 0 Å². The zero-order valence-electron chi connectivity index (χ0n) is 20.5. The average Bonchev–Trinajstić information content (AvgIpc) is 2.41. The van der Waals surface area contributed by atoms with Gasteiger partial charge in [0, 0.05) is 16.0 Å². The van der Waals surface area contributed by atoms with Gasteiger partial charge in [0.2, 0.25) is 0 Å². The van der Waals surface area contributed by atoms with E-state index in [0.717, 1.165) is 0 Å². The van der Waals surface area contributed by atoms with Crippen molar-refractivity contribution in [2.75, 3.05) is 0 Å². The van der Waals surface area contributed by atoms with E-state index < -0.39 is 35.0 Å². The van der Waals surface area contributed by atoms with Crippen LogP contribution in [-0.2, 0) is 21.9 Å². The Balaban J connectivity index is 6.27. The predicted molar refractivity (Wildman–Crippen MR) is 133 cm³/mol. The molecule has 10 heteroatoms. The van der Waals surface area contributed by atoms with E-state index >= 15 is 0 Å². The van der Waals surface area contributed by atoms with Crippen LogP contribution in [0.5, 0.6) is 0 Å². The molecular weight excluding hydrogens is 437 g/mol. The molecular formula is C18H44O5Si5. The lowest BCUT2D eigenvalue weighted by molar-refractivity contribution is -0.146. The van der Waals surface area contributed by atoms with E-state index in [-0.39, 0.29) is 22.1 Å². The molecule has 0 aromatic carbocycles. The van der Waals surface area contributed by atoms with Crippen LogP contribution in [0.2, 0.25) is 50.9 Å². The number of hydrogen-bond acceptors (Lipinski definition) is 5. The lowest BCUT2D eigenvalue weighted by Crippen LogP contribution is -2.64. The summed E-state index contributed by atoms with van der Waals surface area (Å²) in [5.41, 5.74) is -0.223. The van der Waals surface area contributed by atoms with Crippen LogP contribution in [0.4, 0.5) is 0 Å². The van der Waals surface area contributed by atoms with Gasteiger partial charge in [-0.25, -0.2) is 4.79 Å². The molecule has 0 aromatic heterocycles. The first-order valence-corrected chi connectivity index (χ1v) is 21.3. The molecule has 0 aliphatic rings. The minimum Gasteiger partial charge on any atom is -0.465 e. The van der Waals surface area contributed by atoms with E-state index in [9.17, 15) is 4.79 Å². The lowest BCUT2D eigenvalue weighted by Gasteiger charge is -2.55. The molecule has 1 unspecified atom stereocenters. The van der Waals surface area contributed by atoms with Crippen molar-refractivity contribution in [3.8, 4) is 0 Å². The Bertz CT molecular complexity index is 548. The second kappa shape index (κ2) is 9.54. The Morgan fingerprint density at radius 2 is 1.36 bits per heavy atom. The zero-order chi connectivity index (χ0) is 22.8. The van der Waals surface area contributed by atoms with Crippen LogP contribution in [-0.4, -0.2) is 57.1 Å². The van der Waals surface area contributed by atoms with Gasteiger partial charge in [0.15, 0.2) is 26.4 Å². The molecule has 1 atom stereocenters. The molecule has 28 heavy (non-hydrogen) atoms. The molecule has 0 saturated heterocycles. The Hall–Kier alpha value is 0.174. The highest BCUT2D eigenvalue weighted by molar-refractivity contribution is 6.89. The van der Waals surface area contributed by atoms with E-state index in [0.29, 0.717) is 16.1 Å². The molecule has 0 rings (SSSR count). The monoisotopic (exact) mass is 480 g/mol. The van der Waals surface area contributed by atoms with Crippen LogP contribution in [0.25, 0.3) is 0 Å². The fourth-order valence-corrected chi connectivity index (χ4v) is 19.0. The summed E-state index contributed by atoms with van der Waals surface area (Å²) in [6, 6.07) is 0. The third kappa shape index (κ3) is 7.45. The Labute approximate surface area is 181 Å². The van der Waals surface area contributed by atoms with Crippen molar-refractivity contribution in [2.24, 2.45) is 5.41 Å². The van der Waals surface area contributed by atoms with Gasteiger partial charge in [0.1, 0.15) is 16.2 Å². The van der Waals surface area contributed by atoms with Gasteiger partial charge < -0.3 is 17.1 Å². The topological polar surface area (TPSA) is 54.0 Å². The van der Waals surface area contributed by atoms with Gasteiger partial charge in [-0.1, -0.05) is 34.3 Å². The highest BCUT2D eigenvalue weighted by Crippen LogP contribution is 2.56. The molecule has 0 bridgehead atoms. The molecule has 0 saturated carbocycles. The van der Waals surface area contributed by atoms with Crippen molar-refractivity contribution >= 4 is 51.4 Å². The largest absolute Gasteiger partial charge is 0.465 e. The number of hydrogen-bond donors (Lipinski definition) is 0. The van der Waals surface area contributed by atoms with Crippen molar-refractivity contribution in [3.63, 3.8) is 0 Å². The number of rotatable bonds is 11. The van der Waals surface area contributed by atoms with Gasteiger partial charge in [-0.2, -0.15) is 0 Å². The lowest BCUT2D eigenvalue weighted by atomic mass is 9.80. The fraction of sp³-hybridized carbons (Fsp3) is 0.833. The summed E-state index contributed by atoms with van der Waals surface area (Å²) in [7, 11) is -6.80. The summed E-state index contributed by atoms with van der Waals surface area (Å²) >= 11 is 0. The van der Waals surface area contributed by atoms with E-state index in [1.54, 1.807) is 6.92 Å². The van der Waals surface area contributed by atoms with Gasteiger partial charge >= 0.3 is 14.5 Å². The van der Waals surface area contributed by atoms with Gasteiger partial charge in [-0.15, -0.1) is 0 Å². The first kappa shape index (κ1) is 28.2. The van der Waals surface area contributed by atoms with E-state index in [4.69, 9.17) is 17.1 Å². The van der Waals surface area contributed by atoms with Gasteiger partial charge in [-0.05, 0) is 52.8 Å². The molecule has 166 valence electrons. The number of ether oxygens (including phenoxy) is 1. The third-order valence-corrected chi connectivity index (χ3v) is 19.2. The first-order valence-electron chi connectivity index (χ1n) is 9.96. The quantitative estimate of drug-likeness (QED) is 0.258. The van der Waals surface area contributed by atoms with Crippen molar-refractivity contribution in [1.82, 2.24) is 0 Å². The predicted octanol–water partition coefficient (Wildman–Crippen LogP) is 3.39. The van der Waals surface area contributed by atoms with Gasteiger partial charge in [-0.3, -0.25) is 0 Å². The van der Waals surface area contributed by atoms with Crippen LogP contribution in [0.1, 0.15) is 34.6 Å². The second-order valence-electron chi connectivity index (χ2n) is 10.9. The maximum absolute atomic E-state index is 12.3. The van der Waals surface area contributed by atoms with Crippen LogP contribution < -0.4 is 0 Å². The second-order valence-corrected chi connectivity index (χ2v) is 27.5. The van der Waals surface area contributed by atoms with E-state index in [2.05, 4.69) is 80.1 Å². The highest BCUT2D eigenvalue weighted by Gasteiger charge is 2.61. The first-order chi connectivity index (χ1) is 12.2. The van der Waals surface area contributed by atoms with Crippen molar-refractivity contribution < 1.29 is 21.9 Å². The smallest absolute Gasteiger partial charge is 0.333 e. The molecule has 0 aromatic rings. The molecule has 0 radical (unpaired) electrons. The average molecular weight is 481 g/mol. The number of esters is 1. The van der Waals surface area contributed by atoms with Gasteiger partial charge in [0.05, 0.1) is 0 Å². The summed E-state index contributed by atoms with van der Waals surface area (Å²) < 4.78 is 25.3.